The van der Waals surface area contributed by atoms with E-state index in [9.17, 15) is 5.11 Å². The zero-order chi connectivity index (χ0) is 13.9. The Hall–Kier alpha value is -1.84. The van der Waals surface area contributed by atoms with E-state index >= 15 is 0 Å². The molecule has 0 aliphatic heterocycles. The number of benzene rings is 3. The van der Waals surface area contributed by atoms with Gasteiger partial charge in [0.25, 0.3) is 0 Å². The SMILES string of the molecule is Oc1ccc2ccccc2c1NSc1ccc(Cl)cc1. The van der Waals surface area contributed by atoms with Crippen molar-refractivity contribution in [3.63, 3.8) is 0 Å². The van der Waals surface area contributed by atoms with Crippen LogP contribution in [0, 0.1) is 0 Å². The Kier molecular flexibility index (Phi) is 3.72. The van der Waals surface area contributed by atoms with Crippen LogP contribution in [-0.4, -0.2) is 5.11 Å². The predicted octanol–water partition coefficient (Wildman–Crippen LogP) is 5.32. The normalized spacial score (nSPS) is 10.7. The fourth-order valence-electron chi connectivity index (χ4n) is 1.98. The third kappa shape index (κ3) is 2.69. The maximum Gasteiger partial charge on any atom is 0.140 e. The first-order valence-corrected chi connectivity index (χ1v) is 7.32. The van der Waals surface area contributed by atoms with Crippen LogP contribution >= 0.6 is 23.5 Å². The molecule has 0 fully saturated rings. The number of aromatic hydroxyl groups is 1. The van der Waals surface area contributed by atoms with E-state index in [1.165, 1.54) is 11.9 Å². The summed E-state index contributed by atoms with van der Waals surface area (Å²) in [5.41, 5.74) is 0.725. The van der Waals surface area contributed by atoms with Crippen molar-refractivity contribution in [2.75, 3.05) is 4.72 Å². The molecule has 20 heavy (non-hydrogen) atoms. The van der Waals surface area contributed by atoms with E-state index in [0.717, 1.165) is 21.4 Å². The number of phenols is 1. The Morgan fingerprint density at radius 1 is 0.900 bits per heavy atom. The van der Waals surface area contributed by atoms with Crippen LogP contribution in [0.5, 0.6) is 5.75 Å². The van der Waals surface area contributed by atoms with Crippen molar-refractivity contribution in [1.29, 1.82) is 0 Å². The second-order valence-electron chi connectivity index (χ2n) is 4.34. The molecule has 3 rings (SSSR count). The molecule has 0 amide bonds. The Labute approximate surface area is 126 Å². The minimum atomic E-state index is 0.241. The van der Waals surface area contributed by atoms with Crippen molar-refractivity contribution >= 4 is 40.0 Å². The van der Waals surface area contributed by atoms with E-state index in [1.807, 2.05) is 54.6 Å². The van der Waals surface area contributed by atoms with Crippen molar-refractivity contribution in [2.45, 2.75) is 4.90 Å². The average molecular weight is 302 g/mol. The van der Waals surface area contributed by atoms with E-state index in [0.29, 0.717) is 5.02 Å². The highest BCUT2D eigenvalue weighted by Crippen LogP contribution is 2.35. The van der Waals surface area contributed by atoms with Gasteiger partial charge < -0.3 is 9.83 Å². The second kappa shape index (κ2) is 5.65. The van der Waals surface area contributed by atoms with Gasteiger partial charge >= 0.3 is 0 Å². The molecule has 0 aliphatic rings. The maximum atomic E-state index is 10.0. The molecule has 0 unspecified atom stereocenters. The molecule has 0 spiro atoms. The van der Waals surface area contributed by atoms with Gasteiger partial charge in [-0.3, -0.25) is 0 Å². The van der Waals surface area contributed by atoms with Gasteiger partial charge in [-0.1, -0.05) is 41.9 Å². The topological polar surface area (TPSA) is 32.3 Å². The first-order valence-electron chi connectivity index (χ1n) is 6.13. The molecular formula is C16H12ClNOS. The Morgan fingerprint density at radius 3 is 2.45 bits per heavy atom. The van der Waals surface area contributed by atoms with Crippen molar-refractivity contribution in [3.8, 4) is 5.75 Å². The van der Waals surface area contributed by atoms with Gasteiger partial charge in [0.1, 0.15) is 5.75 Å². The lowest BCUT2D eigenvalue weighted by Gasteiger charge is -2.11. The van der Waals surface area contributed by atoms with Crippen LogP contribution in [0.15, 0.2) is 65.6 Å². The van der Waals surface area contributed by atoms with Crippen LogP contribution in [-0.2, 0) is 0 Å². The molecule has 0 radical (unpaired) electrons. The monoisotopic (exact) mass is 301 g/mol. The number of fused-ring (bicyclic) bond motifs is 1. The summed E-state index contributed by atoms with van der Waals surface area (Å²) in [6.45, 7) is 0. The smallest absolute Gasteiger partial charge is 0.140 e. The Morgan fingerprint density at radius 2 is 1.65 bits per heavy atom. The summed E-state index contributed by atoms with van der Waals surface area (Å²) in [6, 6.07) is 19.1. The van der Waals surface area contributed by atoms with Crippen LogP contribution in [0.4, 0.5) is 5.69 Å². The number of nitrogens with one attached hydrogen (secondary N) is 1. The molecular weight excluding hydrogens is 290 g/mol. The Bertz CT molecular complexity index is 743. The number of hydrogen-bond acceptors (Lipinski definition) is 3. The van der Waals surface area contributed by atoms with Gasteiger partial charge in [0.05, 0.1) is 5.69 Å². The highest BCUT2D eigenvalue weighted by Gasteiger charge is 2.06. The first kappa shape index (κ1) is 13.2. The van der Waals surface area contributed by atoms with E-state index < -0.39 is 0 Å². The summed E-state index contributed by atoms with van der Waals surface area (Å²) in [5, 5.41) is 12.8. The summed E-state index contributed by atoms with van der Waals surface area (Å²) >= 11 is 7.31. The fourth-order valence-corrected chi connectivity index (χ4v) is 2.81. The van der Waals surface area contributed by atoms with Gasteiger partial charge in [-0.2, -0.15) is 0 Å². The number of hydrogen-bond donors (Lipinski definition) is 2. The molecule has 4 heteroatoms. The van der Waals surface area contributed by atoms with Crippen molar-refractivity contribution < 1.29 is 5.11 Å². The van der Waals surface area contributed by atoms with Crippen LogP contribution < -0.4 is 4.72 Å². The number of phenolic OH excluding ortho intramolecular Hbond substituents is 1. The number of halogens is 1. The molecule has 3 aromatic carbocycles. The molecule has 0 aromatic heterocycles. The number of anilines is 1. The van der Waals surface area contributed by atoms with E-state index in [-0.39, 0.29) is 5.75 Å². The van der Waals surface area contributed by atoms with E-state index in [4.69, 9.17) is 11.6 Å². The Balaban J connectivity index is 1.90. The second-order valence-corrected chi connectivity index (χ2v) is 5.65. The highest BCUT2D eigenvalue weighted by atomic mass is 35.5. The maximum absolute atomic E-state index is 10.0. The molecule has 0 heterocycles. The molecule has 3 aromatic rings. The van der Waals surface area contributed by atoms with Crippen LogP contribution in [0.1, 0.15) is 0 Å². The third-order valence-corrected chi connectivity index (χ3v) is 4.06. The van der Waals surface area contributed by atoms with Crippen LogP contribution in [0.2, 0.25) is 5.02 Å². The van der Waals surface area contributed by atoms with E-state index in [1.54, 1.807) is 6.07 Å². The van der Waals surface area contributed by atoms with Crippen LogP contribution in [0.25, 0.3) is 10.8 Å². The average Bonchev–Trinajstić information content (AvgIpc) is 2.48. The quantitative estimate of drug-likeness (QED) is 0.507. The molecule has 0 saturated heterocycles. The predicted molar refractivity (Wildman–Crippen MR) is 86.5 cm³/mol. The minimum absolute atomic E-state index is 0.241. The third-order valence-electron chi connectivity index (χ3n) is 2.99. The summed E-state index contributed by atoms with van der Waals surface area (Å²) in [6.07, 6.45) is 0. The van der Waals surface area contributed by atoms with Gasteiger partial charge in [0.2, 0.25) is 0 Å². The summed E-state index contributed by atoms with van der Waals surface area (Å²) in [4.78, 5) is 1.03. The zero-order valence-electron chi connectivity index (χ0n) is 10.5. The fraction of sp³-hybridized carbons (Fsp3) is 0. The lowest BCUT2D eigenvalue weighted by molar-refractivity contribution is 0.479. The van der Waals surface area contributed by atoms with Gasteiger partial charge in [-0.15, -0.1) is 0 Å². The van der Waals surface area contributed by atoms with Gasteiger partial charge in [0.15, 0.2) is 0 Å². The zero-order valence-corrected chi connectivity index (χ0v) is 12.1. The minimum Gasteiger partial charge on any atom is -0.506 e. The number of rotatable bonds is 3. The summed E-state index contributed by atoms with van der Waals surface area (Å²) in [7, 11) is 0. The van der Waals surface area contributed by atoms with Gasteiger partial charge in [-0.05, 0) is 47.7 Å². The molecule has 0 saturated carbocycles. The molecule has 0 aliphatic carbocycles. The highest BCUT2D eigenvalue weighted by molar-refractivity contribution is 8.00. The van der Waals surface area contributed by atoms with Gasteiger partial charge in [0, 0.05) is 15.3 Å². The molecule has 0 bridgehead atoms. The van der Waals surface area contributed by atoms with Crippen molar-refractivity contribution in [1.82, 2.24) is 0 Å². The van der Waals surface area contributed by atoms with Crippen molar-refractivity contribution in [2.24, 2.45) is 0 Å². The van der Waals surface area contributed by atoms with Crippen molar-refractivity contribution in [3.05, 3.63) is 65.7 Å². The molecule has 2 N–H and O–H groups in total. The molecule has 2 nitrogen and oxygen atoms in total. The molecule has 0 atom stereocenters. The van der Waals surface area contributed by atoms with Gasteiger partial charge in [-0.25, -0.2) is 0 Å². The first-order chi connectivity index (χ1) is 9.74. The lowest BCUT2D eigenvalue weighted by Crippen LogP contribution is -1.89. The largest absolute Gasteiger partial charge is 0.506 e. The standard InChI is InChI=1S/C16H12ClNOS/c17-12-6-8-13(9-7-12)20-18-16-14-4-2-1-3-11(14)5-10-15(16)19/h1-10,18-19H. The molecule has 100 valence electrons. The lowest BCUT2D eigenvalue weighted by atomic mass is 10.1. The van der Waals surface area contributed by atoms with Crippen LogP contribution in [0.3, 0.4) is 0 Å². The van der Waals surface area contributed by atoms with E-state index in [2.05, 4.69) is 4.72 Å². The summed E-state index contributed by atoms with van der Waals surface area (Å²) < 4.78 is 3.22. The summed E-state index contributed by atoms with van der Waals surface area (Å²) in [5.74, 6) is 0.241.